The summed E-state index contributed by atoms with van der Waals surface area (Å²) in [4.78, 5) is 20.8. The van der Waals surface area contributed by atoms with E-state index in [0.717, 1.165) is 31.3 Å². The van der Waals surface area contributed by atoms with Crippen LogP contribution in [-0.4, -0.2) is 60.3 Å². The molecule has 1 amide bonds. The van der Waals surface area contributed by atoms with Crippen molar-refractivity contribution in [2.75, 3.05) is 44.8 Å². The first-order valence-electron chi connectivity index (χ1n) is 8.52. The third-order valence-electron chi connectivity index (χ3n) is 4.37. The Morgan fingerprint density at radius 1 is 1.12 bits per heavy atom. The fourth-order valence-electron chi connectivity index (χ4n) is 2.90. The van der Waals surface area contributed by atoms with Gasteiger partial charge >= 0.3 is 0 Å². The highest BCUT2D eigenvalue weighted by atomic mass is 16.5. The molecular formula is C18H24N4O3. The van der Waals surface area contributed by atoms with Gasteiger partial charge in [-0.3, -0.25) is 4.79 Å². The molecule has 1 aromatic carbocycles. The number of anilines is 1. The van der Waals surface area contributed by atoms with Crippen molar-refractivity contribution in [1.29, 1.82) is 0 Å². The first-order valence-corrected chi connectivity index (χ1v) is 8.52. The van der Waals surface area contributed by atoms with Crippen molar-refractivity contribution in [2.45, 2.75) is 13.5 Å². The zero-order chi connectivity index (χ0) is 17.6. The third kappa shape index (κ3) is 4.04. The summed E-state index contributed by atoms with van der Waals surface area (Å²) in [7, 11) is 1.62. The van der Waals surface area contributed by atoms with E-state index in [1.807, 2.05) is 29.4 Å². The maximum absolute atomic E-state index is 12.3. The standard InChI is InChI=1S/C18H24N4O3/c1-3-20-9-8-19-18(20)22-12-10-21(11-13-22)17(23)14-25-16-6-4-15(24-2)5-7-16/h4-9H,3,10-14H2,1-2H3. The van der Waals surface area contributed by atoms with Crippen molar-refractivity contribution in [3.8, 4) is 11.5 Å². The van der Waals surface area contributed by atoms with Gasteiger partial charge < -0.3 is 23.8 Å². The zero-order valence-electron chi connectivity index (χ0n) is 14.7. The van der Waals surface area contributed by atoms with Crippen molar-refractivity contribution < 1.29 is 14.3 Å². The van der Waals surface area contributed by atoms with Gasteiger partial charge in [0.05, 0.1) is 7.11 Å². The molecule has 7 nitrogen and oxygen atoms in total. The number of piperazine rings is 1. The average molecular weight is 344 g/mol. The third-order valence-corrected chi connectivity index (χ3v) is 4.37. The Balaban J connectivity index is 1.48. The SMILES string of the molecule is CCn1ccnc1N1CCN(C(=O)COc2ccc(OC)cc2)CC1. The molecule has 0 N–H and O–H groups in total. The molecule has 3 rings (SSSR count). The predicted molar refractivity (Wildman–Crippen MR) is 95.2 cm³/mol. The highest BCUT2D eigenvalue weighted by molar-refractivity contribution is 5.78. The first kappa shape index (κ1) is 17.1. The van der Waals surface area contributed by atoms with Crippen molar-refractivity contribution in [2.24, 2.45) is 0 Å². The lowest BCUT2D eigenvalue weighted by atomic mass is 10.3. The van der Waals surface area contributed by atoms with E-state index >= 15 is 0 Å². The van der Waals surface area contributed by atoms with Crippen molar-refractivity contribution in [3.63, 3.8) is 0 Å². The van der Waals surface area contributed by atoms with Crippen LogP contribution in [0.4, 0.5) is 5.95 Å². The van der Waals surface area contributed by atoms with Crippen LogP contribution in [0.2, 0.25) is 0 Å². The second-order valence-corrected chi connectivity index (χ2v) is 5.85. The maximum atomic E-state index is 12.3. The Labute approximate surface area is 147 Å². The van der Waals surface area contributed by atoms with Gasteiger partial charge in [-0.15, -0.1) is 0 Å². The Bertz CT molecular complexity index is 691. The highest BCUT2D eigenvalue weighted by Gasteiger charge is 2.23. The average Bonchev–Trinajstić information content (AvgIpc) is 3.15. The molecule has 0 aliphatic carbocycles. The molecule has 0 radical (unpaired) electrons. The lowest BCUT2D eigenvalue weighted by Crippen LogP contribution is -2.50. The van der Waals surface area contributed by atoms with Gasteiger partial charge in [0.1, 0.15) is 11.5 Å². The van der Waals surface area contributed by atoms with Gasteiger partial charge in [-0.2, -0.15) is 0 Å². The number of nitrogens with zero attached hydrogens (tertiary/aromatic N) is 4. The van der Waals surface area contributed by atoms with Gasteiger partial charge in [0.15, 0.2) is 6.61 Å². The molecule has 1 saturated heterocycles. The molecule has 134 valence electrons. The maximum Gasteiger partial charge on any atom is 0.260 e. The summed E-state index contributed by atoms with van der Waals surface area (Å²) in [6.45, 7) is 5.97. The quantitative estimate of drug-likeness (QED) is 0.797. The summed E-state index contributed by atoms with van der Waals surface area (Å²) in [6.07, 6.45) is 3.80. The summed E-state index contributed by atoms with van der Waals surface area (Å²) in [5.74, 6) is 2.41. The summed E-state index contributed by atoms with van der Waals surface area (Å²) in [5, 5.41) is 0. The normalized spacial score (nSPS) is 14.5. The van der Waals surface area contributed by atoms with Gasteiger partial charge in [-0.05, 0) is 31.2 Å². The largest absolute Gasteiger partial charge is 0.497 e. The highest BCUT2D eigenvalue weighted by Crippen LogP contribution is 2.18. The number of aryl methyl sites for hydroxylation is 1. The van der Waals surface area contributed by atoms with Crippen LogP contribution < -0.4 is 14.4 Å². The summed E-state index contributed by atoms with van der Waals surface area (Å²) < 4.78 is 12.8. The number of imidazole rings is 1. The Hall–Kier alpha value is -2.70. The van der Waals surface area contributed by atoms with Crippen molar-refractivity contribution in [1.82, 2.24) is 14.5 Å². The molecule has 1 fully saturated rings. The van der Waals surface area contributed by atoms with E-state index in [1.165, 1.54) is 0 Å². The van der Waals surface area contributed by atoms with Crippen LogP contribution in [0, 0.1) is 0 Å². The van der Waals surface area contributed by atoms with Crippen LogP contribution in [0.1, 0.15) is 6.92 Å². The molecule has 7 heteroatoms. The van der Waals surface area contributed by atoms with Crippen LogP contribution in [0.3, 0.4) is 0 Å². The van der Waals surface area contributed by atoms with Crippen molar-refractivity contribution in [3.05, 3.63) is 36.7 Å². The van der Waals surface area contributed by atoms with Crippen LogP contribution in [-0.2, 0) is 11.3 Å². The monoisotopic (exact) mass is 344 g/mol. The van der Waals surface area contributed by atoms with Crippen LogP contribution in [0.5, 0.6) is 11.5 Å². The topological polar surface area (TPSA) is 59.8 Å². The van der Waals surface area contributed by atoms with Gasteiger partial charge in [-0.25, -0.2) is 4.98 Å². The molecular weight excluding hydrogens is 320 g/mol. The first-order chi connectivity index (χ1) is 12.2. The lowest BCUT2D eigenvalue weighted by Gasteiger charge is -2.35. The second-order valence-electron chi connectivity index (χ2n) is 5.85. The van der Waals surface area contributed by atoms with E-state index in [-0.39, 0.29) is 12.5 Å². The Morgan fingerprint density at radius 2 is 1.80 bits per heavy atom. The van der Waals surface area contributed by atoms with E-state index in [2.05, 4.69) is 21.4 Å². The number of benzene rings is 1. The van der Waals surface area contributed by atoms with E-state index < -0.39 is 0 Å². The van der Waals surface area contributed by atoms with Gasteiger partial charge in [0.25, 0.3) is 5.91 Å². The van der Waals surface area contributed by atoms with Crippen LogP contribution in [0.15, 0.2) is 36.7 Å². The number of methoxy groups -OCH3 is 1. The molecule has 2 heterocycles. The van der Waals surface area contributed by atoms with Crippen LogP contribution in [0.25, 0.3) is 0 Å². The van der Waals surface area contributed by atoms with Crippen LogP contribution >= 0.6 is 0 Å². The van der Waals surface area contributed by atoms with E-state index in [4.69, 9.17) is 9.47 Å². The van der Waals surface area contributed by atoms with E-state index in [0.29, 0.717) is 18.8 Å². The Morgan fingerprint density at radius 3 is 2.44 bits per heavy atom. The van der Waals surface area contributed by atoms with E-state index in [1.54, 1.807) is 19.2 Å². The zero-order valence-corrected chi connectivity index (χ0v) is 14.7. The number of rotatable bonds is 6. The number of carbonyl (C=O) groups excluding carboxylic acids is 1. The van der Waals surface area contributed by atoms with Crippen molar-refractivity contribution >= 4 is 11.9 Å². The number of aromatic nitrogens is 2. The minimum Gasteiger partial charge on any atom is -0.497 e. The number of carbonyl (C=O) groups is 1. The van der Waals surface area contributed by atoms with Gasteiger partial charge in [0, 0.05) is 45.1 Å². The summed E-state index contributed by atoms with van der Waals surface area (Å²) in [6, 6.07) is 7.23. The fourth-order valence-corrected chi connectivity index (χ4v) is 2.90. The van der Waals surface area contributed by atoms with Gasteiger partial charge in [0.2, 0.25) is 5.95 Å². The fraction of sp³-hybridized carbons (Fsp3) is 0.444. The molecule has 1 aliphatic heterocycles. The molecule has 1 aromatic heterocycles. The molecule has 2 aromatic rings. The summed E-state index contributed by atoms with van der Waals surface area (Å²) in [5.41, 5.74) is 0. The summed E-state index contributed by atoms with van der Waals surface area (Å²) >= 11 is 0. The number of amides is 1. The second kappa shape index (κ2) is 7.92. The number of hydrogen-bond acceptors (Lipinski definition) is 5. The number of ether oxygens (including phenoxy) is 2. The minimum absolute atomic E-state index is 0.00861. The molecule has 0 bridgehead atoms. The lowest BCUT2D eigenvalue weighted by molar-refractivity contribution is -0.133. The van der Waals surface area contributed by atoms with E-state index in [9.17, 15) is 4.79 Å². The molecule has 0 atom stereocenters. The number of hydrogen-bond donors (Lipinski definition) is 0. The molecule has 1 aliphatic rings. The molecule has 0 saturated carbocycles. The van der Waals surface area contributed by atoms with Gasteiger partial charge in [-0.1, -0.05) is 0 Å². The minimum atomic E-state index is 0.00861. The Kier molecular flexibility index (Phi) is 5.42. The predicted octanol–water partition coefficient (Wildman–Crippen LogP) is 1.64. The molecule has 0 spiro atoms. The molecule has 0 unspecified atom stereocenters. The molecule has 25 heavy (non-hydrogen) atoms. The smallest absolute Gasteiger partial charge is 0.260 e.